The maximum Gasteiger partial charge on any atom is 0.136 e. The van der Waals surface area contributed by atoms with Crippen LogP contribution in [0.1, 0.15) is 11.5 Å². The van der Waals surface area contributed by atoms with Gasteiger partial charge in [0.05, 0.1) is 22.9 Å². The maximum atomic E-state index is 6.13. The smallest absolute Gasteiger partial charge is 0.136 e. The molecule has 5 aromatic rings. The molecule has 0 saturated heterocycles. The molecular formula is C18H12ClN5. The Morgan fingerprint density at radius 3 is 2.96 bits per heavy atom. The Hall–Kier alpha value is -2.92. The Balaban J connectivity index is 1.61. The number of rotatable bonds is 2. The van der Waals surface area contributed by atoms with Gasteiger partial charge in [-0.15, -0.1) is 0 Å². The van der Waals surface area contributed by atoms with Gasteiger partial charge in [0.1, 0.15) is 17.0 Å². The molecule has 6 heteroatoms. The highest BCUT2D eigenvalue weighted by Gasteiger charge is 2.10. The lowest BCUT2D eigenvalue weighted by Crippen LogP contribution is -1.90. The summed E-state index contributed by atoms with van der Waals surface area (Å²) in [6.07, 6.45) is 6.44. The van der Waals surface area contributed by atoms with Gasteiger partial charge in [-0.25, -0.2) is 9.97 Å². The van der Waals surface area contributed by atoms with Crippen molar-refractivity contribution >= 4 is 39.2 Å². The van der Waals surface area contributed by atoms with Crippen LogP contribution in [0.2, 0.25) is 5.02 Å². The van der Waals surface area contributed by atoms with Crippen LogP contribution in [0, 0.1) is 0 Å². The van der Waals surface area contributed by atoms with Crippen molar-refractivity contribution in [1.29, 1.82) is 0 Å². The number of H-pyrrole nitrogens is 1. The minimum atomic E-state index is 0.637. The first-order valence-electron chi connectivity index (χ1n) is 7.62. The van der Waals surface area contributed by atoms with Gasteiger partial charge in [0.2, 0.25) is 0 Å². The molecule has 0 aliphatic heterocycles. The third kappa shape index (κ3) is 2.13. The zero-order valence-corrected chi connectivity index (χ0v) is 13.3. The zero-order chi connectivity index (χ0) is 16.1. The van der Waals surface area contributed by atoms with Crippen molar-refractivity contribution < 1.29 is 0 Å². The molecule has 5 rings (SSSR count). The number of benzene rings is 1. The first-order chi connectivity index (χ1) is 11.8. The van der Waals surface area contributed by atoms with Crippen LogP contribution in [0.15, 0.2) is 55.0 Å². The van der Waals surface area contributed by atoms with E-state index >= 15 is 0 Å². The third-order valence-electron chi connectivity index (χ3n) is 4.10. The van der Waals surface area contributed by atoms with Crippen molar-refractivity contribution in [2.24, 2.45) is 0 Å². The average molecular weight is 334 g/mol. The van der Waals surface area contributed by atoms with Crippen molar-refractivity contribution in [3.63, 3.8) is 0 Å². The number of hydrogen-bond acceptors (Lipinski definition) is 3. The summed E-state index contributed by atoms with van der Waals surface area (Å²) in [4.78, 5) is 17.1. The van der Waals surface area contributed by atoms with Gasteiger partial charge in [-0.1, -0.05) is 17.7 Å². The molecule has 4 heterocycles. The molecule has 0 radical (unpaired) electrons. The summed E-state index contributed by atoms with van der Waals surface area (Å²) in [6, 6.07) is 11.6. The summed E-state index contributed by atoms with van der Waals surface area (Å²) in [5.41, 5.74) is 4.60. The summed E-state index contributed by atoms with van der Waals surface area (Å²) in [7, 11) is 0. The van der Waals surface area contributed by atoms with Crippen molar-refractivity contribution in [1.82, 2.24) is 24.3 Å². The van der Waals surface area contributed by atoms with E-state index in [-0.39, 0.29) is 0 Å². The van der Waals surface area contributed by atoms with Gasteiger partial charge in [-0.3, -0.25) is 4.98 Å². The third-order valence-corrected chi connectivity index (χ3v) is 4.33. The van der Waals surface area contributed by atoms with Crippen molar-refractivity contribution in [3.8, 4) is 0 Å². The quantitative estimate of drug-likeness (QED) is 0.531. The number of nitrogens with zero attached hydrogens (tertiary/aromatic N) is 4. The number of fused-ring (bicyclic) bond motifs is 4. The van der Waals surface area contributed by atoms with Crippen molar-refractivity contribution in [2.45, 2.75) is 6.42 Å². The molecule has 116 valence electrons. The molecule has 0 spiro atoms. The fraction of sp³-hybridized carbons (Fsp3) is 0.0556. The first kappa shape index (κ1) is 13.5. The Kier molecular flexibility index (Phi) is 2.84. The summed E-state index contributed by atoms with van der Waals surface area (Å²) in [5, 5.41) is 1.67. The standard InChI is InChI=1S/C18H12ClN5/c19-11-4-5-14-13(7-11)18-15(9-20-14)22-16(23-18)8-12-10-24-6-2-1-3-17(24)21-12/h1-7,9-10H,8H2,(H,22,23). The Labute approximate surface area is 142 Å². The molecule has 4 aromatic heterocycles. The summed E-state index contributed by atoms with van der Waals surface area (Å²) >= 11 is 6.13. The molecule has 0 saturated carbocycles. The predicted octanol–water partition coefficient (Wildman–Crippen LogP) is 4.00. The van der Waals surface area contributed by atoms with Crippen molar-refractivity contribution in [3.05, 3.63) is 71.5 Å². The molecule has 0 aliphatic rings. The van der Waals surface area contributed by atoms with E-state index in [0.717, 1.165) is 39.1 Å². The summed E-state index contributed by atoms with van der Waals surface area (Å²) < 4.78 is 2.01. The van der Waals surface area contributed by atoms with E-state index in [1.807, 2.05) is 53.2 Å². The number of aromatic nitrogens is 5. The Morgan fingerprint density at radius 1 is 1.08 bits per heavy atom. The van der Waals surface area contributed by atoms with Gasteiger partial charge in [0, 0.05) is 29.2 Å². The fourth-order valence-corrected chi connectivity index (χ4v) is 3.19. The molecule has 24 heavy (non-hydrogen) atoms. The summed E-state index contributed by atoms with van der Waals surface area (Å²) in [5.74, 6) is 0.864. The number of nitrogens with one attached hydrogen (secondary N) is 1. The van der Waals surface area contributed by atoms with Crippen molar-refractivity contribution in [2.75, 3.05) is 0 Å². The predicted molar refractivity (Wildman–Crippen MR) is 94.4 cm³/mol. The van der Waals surface area contributed by atoms with E-state index in [0.29, 0.717) is 11.4 Å². The normalized spacial score (nSPS) is 11.7. The van der Waals surface area contributed by atoms with Gasteiger partial charge in [0.25, 0.3) is 0 Å². The van der Waals surface area contributed by atoms with Crippen LogP contribution in [0.5, 0.6) is 0 Å². The second-order valence-corrected chi connectivity index (χ2v) is 6.17. The minimum absolute atomic E-state index is 0.637. The van der Waals surface area contributed by atoms with Gasteiger partial charge >= 0.3 is 0 Å². The highest BCUT2D eigenvalue weighted by atomic mass is 35.5. The minimum Gasteiger partial charge on any atom is -0.341 e. The van der Waals surface area contributed by atoms with Crippen LogP contribution in [0.25, 0.3) is 27.6 Å². The monoisotopic (exact) mass is 333 g/mol. The highest BCUT2D eigenvalue weighted by Crippen LogP contribution is 2.25. The van der Waals surface area contributed by atoms with Gasteiger partial charge in [-0.05, 0) is 30.3 Å². The lowest BCUT2D eigenvalue weighted by atomic mass is 10.2. The molecule has 0 bridgehead atoms. The van der Waals surface area contributed by atoms with Crippen LogP contribution in [0.3, 0.4) is 0 Å². The topological polar surface area (TPSA) is 58.9 Å². The van der Waals surface area contributed by atoms with E-state index in [1.54, 1.807) is 6.20 Å². The average Bonchev–Trinajstić information content (AvgIpc) is 3.17. The fourth-order valence-electron chi connectivity index (χ4n) is 3.02. The van der Waals surface area contributed by atoms with Crippen LogP contribution >= 0.6 is 11.6 Å². The van der Waals surface area contributed by atoms with Crippen LogP contribution < -0.4 is 0 Å². The maximum absolute atomic E-state index is 6.13. The molecule has 0 amide bonds. The number of halogens is 1. The van der Waals surface area contributed by atoms with E-state index in [9.17, 15) is 0 Å². The second-order valence-electron chi connectivity index (χ2n) is 5.74. The van der Waals surface area contributed by atoms with Crippen LogP contribution in [0.4, 0.5) is 0 Å². The second kappa shape index (κ2) is 5.04. The molecule has 1 aromatic carbocycles. The number of hydrogen-bond donors (Lipinski definition) is 1. The molecule has 5 nitrogen and oxygen atoms in total. The molecule has 0 fully saturated rings. The first-order valence-corrected chi connectivity index (χ1v) is 7.99. The zero-order valence-electron chi connectivity index (χ0n) is 12.6. The Bertz CT molecular complexity index is 1170. The molecular weight excluding hydrogens is 322 g/mol. The van der Waals surface area contributed by atoms with Gasteiger partial charge < -0.3 is 9.38 Å². The molecule has 0 unspecified atom stereocenters. The molecule has 0 atom stereocenters. The number of pyridine rings is 2. The van der Waals surface area contributed by atoms with E-state index in [1.165, 1.54) is 0 Å². The molecule has 1 N–H and O–H groups in total. The Morgan fingerprint density at radius 2 is 2.04 bits per heavy atom. The summed E-state index contributed by atoms with van der Waals surface area (Å²) in [6.45, 7) is 0. The number of imidazole rings is 2. The largest absolute Gasteiger partial charge is 0.341 e. The molecule has 0 aliphatic carbocycles. The van der Waals surface area contributed by atoms with Crippen LogP contribution in [-0.2, 0) is 6.42 Å². The lowest BCUT2D eigenvalue weighted by Gasteiger charge is -1.98. The van der Waals surface area contributed by atoms with E-state index < -0.39 is 0 Å². The van der Waals surface area contributed by atoms with Gasteiger partial charge in [0.15, 0.2) is 0 Å². The number of aromatic amines is 1. The van der Waals surface area contributed by atoms with Crippen LogP contribution in [-0.4, -0.2) is 24.3 Å². The van der Waals surface area contributed by atoms with E-state index in [2.05, 4.69) is 19.9 Å². The SMILES string of the molecule is Clc1ccc2ncc3nc(Cc4cn5ccccc5n4)[nH]c3c2c1. The highest BCUT2D eigenvalue weighted by molar-refractivity contribution is 6.31. The lowest BCUT2D eigenvalue weighted by molar-refractivity contribution is 1.00. The van der Waals surface area contributed by atoms with E-state index in [4.69, 9.17) is 11.6 Å². The van der Waals surface area contributed by atoms with Gasteiger partial charge in [-0.2, -0.15) is 0 Å².